The number of hydrazine groups is 1. The van der Waals surface area contributed by atoms with Crippen molar-refractivity contribution in [1.29, 1.82) is 0 Å². The van der Waals surface area contributed by atoms with Crippen molar-refractivity contribution in [2.75, 3.05) is 26.8 Å². The van der Waals surface area contributed by atoms with Crippen LogP contribution < -0.4 is 5.84 Å². The van der Waals surface area contributed by atoms with Crippen molar-refractivity contribution in [2.45, 2.75) is 5.60 Å². The minimum Gasteiger partial charge on any atom is -0.385 e. The van der Waals surface area contributed by atoms with Crippen LogP contribution in [-0.4, -0.2) is 42.5 Å². The van der Waals surface area contributed by atoms with E-state index in [0.29, 0.717) is 19.7 Å². The van der Waals surface area contributed by atoms with Gasteiger partial charge in [-0.15, -0.1) is 0 Å². The molecule has 0 amide bonds. The molecule has 4 heteroatoms. The van der Waals surface area contributed by atoms with Gasteiger partial charge in [-0.1, -0.05) is 0 Å². The van der Waals surface area contributed by atoms with Crippen molar-refractivity contribution < 1.29 is 9.84 Å². The van der Waals surface area contributed by atoms with Crippen molar-refractivity contribution in [2.24, 2.45) is 5.84 Å². The predicted molar refractivity (Wildman–Crippen MR) is 32.6 cm³/mol. The van der Waals surface area contributed by atoms with Crippen LogP contribution in [0.1, 0.15) is 0 Å². The molecule has 0 atom stereocenters. The molecule has 0 aromatic rings. The Morgan fingerprint density at radius 1 is 1.78 bits per heavy atom. The molecule has 0 aromatic heterocycles. The van der Waals surface area contributed by atoms with Gasteiger partial charge in [0.05, 0.1) is 6.61 Å². The molecule has 0 radical (unpaired) electrons. The Balaban J connectivity index is 2.23. The maximum Gasteiger partial charge on any atom is 0.116 e. The van der Waals surface area contributed by atoms with Crippen LogP contribution in [0.25, 0.3) is 0 Å². The zero-order valence-corrected chi connectivity index (χ0v) is 5.50. The van der Waals surface area contributed by atoms with Gasteiger partial charge in [-0.05, 0) is 0 Å². The van der Waals surface area contributed by atoms with Crippen molar-refractivity contribution in [3.8, 4) is 0 Å². The summed E-state index contributed by atoms with van der Waals surface area (Å²) in [6, 6.07) is 0. The second kappa shape index (κ2) is 2.22. The van der Waals surface area contributed by atoms with Crippen LogP contribution in [0.5, 0.6) is 0 Å². The molecule has 1 aliphatic heterocycles. The number of rotatable bonds is 2. The normalized spacial score (nSPS) is 25.7. The van der Waals surface area contributed by atoms with Gasteiger partial charge in [-0.2, -0.15) is 0 Å². The second-order valence-electron chi connectivity index (χ2n) is 2.56. The summed E-state index contributed by atoms with van der Waals surface area (Å²) in [5, 5.41) is 10.9. The molecule has 1 rings (SSSR count). The Morgan fingerprint density at radius 2 is 2.33 bits per heavy atom. The summed E-state index contributed by atoms with van der Waals surface area (Å²) in [4.78, 5) is 0. The van der Waals surface area contributed by atoms with E-state index in [0.717, 1.165) is 0 Å². The fourth-order valence-corrected chi connectivity index (χ4v) is 1.07. The van der Waals surface area contributed by atoms with Gasteiger partial charge in [-0.3, -0.25) is 5.84 Å². The summed E-state index contributed by atoms with van der Waals surface area (Å²) in [7, 11) is 1.57. The third-order valence-electron chi connectivity index (χ3n) is 1.41. The number of nitrogens with two attached hydrogens (primary N) is 1. The third kappa shape index (κ3) is 1.40. The minimum atomic E-state index is -0.677. The summed E-state index contributed by atoms with van der Waals surface area (Å²) in [5.74, 6) is 5.30. The fourth-order valence-electron chi connectivity index (χ4n) is 1.07. The lowest BCUT2D eigenvalue weighted by Crippen LogP contribution is -2.66. The summed E-state index contributed by atoms with van der Waals surface area (Å²) in [6.07, 6.45) is 0. The van der Waals surface area contributed by atoms with Gasteiger partial charge < -0.3 is 9.84 Å². The van der Waals surface area contributed by atoms with E-state index in [9.17, 15) is 5.11 Å². The number of aliphatic hydroxyl groups is 1. The maximum atomic E-state index is 9.33. The molecule has 4 nitrogen and oxygen atoms in total. The highest BCUT2D eigenvalue weighted by atomic mass is 16.5. The highest BCUT2D eigenvalue weighted by Crippen LogP contribution is 2.16. The lowest BCUT2D eigenvalue weighted by Gasteiger charge is -2.43. The Kier molecular flexibility index (Phi) is 1.72. The van der Waals surface area contributed by atoms with Gasteiger partial charge in [0, 0.05) is 20.2 Å². The molecule has 9 heavy (non-hydrogen) atoms. The van der Waals surface area contributed by atoms with E-state index in [2.05, 4.69) is 0 Å². The van der Waals surface area contributed by atoms with Crippen LogP contribution in [0.4, 0.5) is 0 Å². The molecular formula is C5H12N2O2. The van der Waals surface area contributed by atoms with Crippen molar-refractivity contribution in [3.63, 3.8) is 0 Å². The summed E-state index contributed by atoms with van der Waals surface area (Å²) in [6.45, 7) is 1.41. The van der Waals surface area contributed by atoms with Gasteiger partial charge >= 0.3 is 0 Å². The first-order valence-electron chi connectivity index (χ1n) is 2.87. The molecule has 54 valence electrons. The van der Waals surface area contributed by atoms with Gasteiger partial charge in [0.15, 0.2) is 0 Å². The van der Waals surface area contributed by atoms with E-state index >= 15 is 0 Å². The van der Waals surface area contributed by atoms with Gasteiger partial charge in [0.25, 0.3) is 0 Å². The first-order valence-corrected chi connectivity index (χ1v) is 2.87. The van der Waals surface area contributed by atoms with Crippen LogP contribution in [-0.2, 0) is 4.74 Å². The van der Waals surface area contributed by atoms with Crippen molar-refractivity contribution in [1.82, 2.24) is 5.01 Å². The van der Waals surface area contributed by atoms with Crippen LogP contribution in [0.15, 0.2) is 0 Å². The number of hydrogen-bond acceptors (Lipinski definition) is 4. The second-order valence-corrected chi connectivity index (χ2v) is 2.56. The first kappa shape index (κ1) is 6.95. The molecule has 1 heterocycles. The van der Waals surface area contributed by atoms with Crippen LogP contribution in [0.3, 0.4) is 0 Å². The minimum absolute atomic E-state index is 0.376. The number of β-amino-alcohol motifs (C(OH)–C–C–N with tert-alkyl or cyclic N) is 1. The molecule has 0 spiro atoms. The topological polar surface area (TPSA) is 58.7 Å². The predicted octanol–water partition coefficient (Wildman–Crippen LogP) is -1.45. The SMILES string of the molecule is COCC1(O)CN(N)C1. The zero-order valence-electron chi connectivity index (χ0n) is 5.50. The Labute approximate surface area is 54.2 Å². The lowest BCUT2D eigenvalue weighted by atomic mass is 9.98. The molecular weight excluding hydrogens is 120 g/mol. The van der Waals surface area contributed by atoms with Gasteiger partial charge in [0.1, 0.15) is 5.60 Å². The Morgan fingerprint density at radius 3 is 2.67 bits per heavy atom. The van der Waals surface area contributed by atoms with Crippen molar-refractivity contribution >= 4 is 0 Å². The summed E-state index contributed by atoms with van der Waals surface area (Å²) >= 11 is 0. The Bertz CT molecular complexity index is 95.6. The summed E-state index contributed by atoms with van der Waals surface area (Å²) < 4.78 is 4.76. The molecule has 0 saturated carbocycles. The standard InChI is InChI=1S/C5H12N2O2/c1-9-4-5(8)2-7(6)3-5/h8H,2-4,6H2,1H3. The lowest BCUT2D eigenvalue weighted by molar-refractivity contribution is -0.133. The van der Waals surface area contributed by atoms with Crippen LogP contribution >= 0.6 is 0 Å². The maximum absolute atomic E-state index is 9.33. The van der Waals surface area contributed by atoms with E-state index in [-0.39, 0.29) is 0 Å². The van der Waals surface area contributed by atoms with E-state index in [1.54, 1.807) is 12.1 Å². The fraction of sp³-hybridized carbons (Fsp3) is 1.00. The molecule has 0 bridgehead atoms. The largest absolute Gasteiger partial charge is 0.385 e. The number of methoxy groups -OCH3 is 1. The Hall–Kier alpha value is -0.160. The van der Waals surface area contributed by atoms with E-state index in [4.69, 9.17) is 10.6 Å². The number of nitrogens with zero attached hydrogens (tertiary/aromatic N) is 1. The molecule has 0 aliphatic carbocycles. The monoisotopic (exact) mass is 132 g/mol. The molecule has 0 unspecified atom stereocenters. The average molecular weight is 132 g/mol. The molecule has 3 N–H and O–H groups in total. The van der Waals surface area contributed by atoms with Crippen LogP contribution in [0, 0.1) is 0 Å². The van der Waals surface area contributed by atoms with Gasteiger partial charge in [0.2, 0.25) is 0 Å². The van der Waals surface area contributed by atoms with E-state index in [1.807, 2.05) is 0 Å². The highest BCUT2D eigenvalue weighted by molar-refractivity contribution is 4.92. The quantitative estimate of drug-likeness (QED) is 0.451. The third-order valence-corrected chi connectivity index (χ3v) is 1.41. The highest BCUT2D eigenvalue weighted by Gasteiger charge is 2.39. The first-order chi connectivity index (χ1) is 4.16. The zero-order chi connectivity index (χ0) is 6.91. The number of ether oxygens (including phenoxy) is 1. The van der Waals surface area contributed by atoms with Crippen LogP contribution in [0.2, 0.25) is 0 Å². The van der Waals surface area contributed by atoms with Crippen molar-refractivity contribution in [3.05, 3.63) is 0 Å². The smallest absolute Gasteiger partial charge is 0.116 e. The van der Waals surface area contributed by atoms with E-state index < -0.39 is 5.60 Å². The molecule has 1 saturated heterocycles. The molecule has 0 aromatic carbocycles. The molecule has 1 fully saturated rings. The molecule has 1 aliphatic rings. The number of hydrogen-bond donors (Lipinski definition) is 2. The average Bonchev–Trinajstić information content (AvgIpc) is 1.62. The van der Waals surface area contributed by atoms with E-state index in [1.165, 1.54) is 0 Å². The summed E-state index contributed by atoms with van der Waals surface area (Å²) in [5.41, 5.74) is -0.677. The van der Waals surface area contributed by atoms with Gasteiger partial charge in [-0.25, -0.2) is 5.01 Å².